The normalized spacial score (nSPS) is 17.1. The summed E-state index contributed by atoms with van der Waals surface area (Å²) in [5.74, 6) is 0.505. The van der Waals surface area contributed by atoms with Gasteiger partial charge in [-0.3, -0.25) is 0 Å². The molecule has 1 N–H and O–H groups in total. The van der Waals surface area contributed by atoms with Crippen molar-refractivity contribution in [3.63, 3.8) is 0 Å². The molecule has 2 heterocycles. The number of nitrogens with one attached hydrogen (secondary N) is 1. The van der Waals surface area contributed by atoms with E-state index in [2.05, 4.69) is 29.4 Å². The van der Waals surface area contributed by atoms with Crippen LogP contribution in [-0.4, -0.2) is 30.8 Å². The first-order chi connectivity index (χ1) is 12.1. The molecule has 1 aliphatic rings. The highest BCUT2D eigenvalue weighted by atomic mass is 32.2. The lowest BCUT2D eigenvalue weighted by atomic mass is 9.90. The highest BCUT2D eigenvalue weighted by Crippen LogP contribution is 2.34. The summed E-state index contributed by atoms with van der Waals surface area (Å²) in [6, 6.07) is 17.7. The molecule has 4 nitrogen and oxygen atoms in total. The van der Waals surface area contributed by atoms with Gasteiger partial charge in [-0.05, 0) is 36.0 Å². The van der Waals surface area contributed by atoms with Crippen LogP contribution in [0.1, 0.15) is 29.9 Å². The van der Waals surface area contributed by atoms with Crippen molar-refractivity contribution in [1.82, 2.24) is 9.29 Å². The van der Waals surface area contributed by atoms with Crippen LogP contribution in [0.5, 0.6) is 0 Å². The average Bonchev–Trinajstić information content (AvgIpc) is 3.06. The van der Waals surface area contributed by atoms with Gasteiger partial charge in [0.15, 0.2) is 0 Å². The first-order valence-electron chi connectivity index (χ1n) is 8.71. The molecule has 1 fully saturated rings. The molecular formula is C20H22N2O2S. The minimum absolute atomic E-state index is 0.0889. The summed E-state index contributed by atoms with van der Waals surface area (Å²) in [6.45, 7) is 1.19. The van der Waals surface area contributed by atoms with E-state index in [0.29, 0.717) is 19.0 Å². The molecule has 0 radical (unpaired) electrons. The number of sulfonamides is 1. The number of H-pyrrole nitrogens is 1. The number of nitrogens with zero attached hydrogens (tertiary/aromatic N) is 1. The largest absolute Gasteiger partial charge is 0.361 e. The second-order valence-corrected chi connectivity index (χ2v) is 8.67. The molecule has 130 valence electrons. The van der Waals surface area contributed by atoms with Gasteiger partial charge in [0.25, 0.3) is 0 Å². The van der Waals surface area contributed by atoms with E-state index < -0.39 is 10.0 Å². The number of hydrogen-bond acceptors (Lipinski definition) is 2. The van der Waals surface area contributed by atoms with E-state index in [1.165, 1.54) is 10.9 Å². The molecule has 1 aliphatic heterocycles. The third kappa shape index (κ3) is 3.34. The summed E-state index contributed by atoms with van der Waals surface area (Å²) in [4.78, 5) is 3.33. The highest BCUT2D eigenvalue weighted by molar-refractivity contribution is 7.88. The predicted molar refractivity (Wildman–Crippen MR) is 101 cm³/mol. The van der Waals surface area contributed by atoms with Gasteiger partial charge in [-0.25, -0.2) is 12.7 Å². The minimum atomic E-state index is -3.25. The van der Waals surface area contributed by atoms with Crippen molar-refractivity contribution >= 4 is 20.9 Å². The first-order valence-corrected chi connectivity index (χ1v) is 10.3. The van der Waals surface area contributed by atoms with Crippen LogP contribution in [0.2, 0.25) is 0 Å². The van der Waals surface area contributed by atoms with Crippen molar-refractivity contribution in [2.24, 2.45) is 0 Å². The van der Waals surface area contributed by atoms with Gasteiger partial charge in [-0.2, -0.15) is 0 Å². The molecule has 0 saturated carbocycles. The smallest absolute Gasteiger partial charge is 0.218 e. The number of fused-ring (bicyclic) bond motifs is 1. The van der Waals surface area contributed by atoms with E-state index in [1.807, 2.05) is 36.4 Å². The molecule has 0 atom stereocenters. The van der Waals surface area contributed by atoms with Gasteiger partial charge in [0.1, 0.15) is 0 Å². The quantitative estimate of drug-likeness (QED) is 0.773. The molecular weight excluding hydrogens is 332 g/mol. The number of aromatic amines is 1. The zero-order chi connectivity index (χ0) is 17.3. The Morgan fingerprint density at radius 3 is 2.40 bits per heavy atom. The fourth-order valence-corrected chi connectivity index (χ4v) is 5.32. The van der Waals surface area contributed by atoms with Gasteiger partial charge in [0.2, 0.25) is 10.0 Å². The van der Waals surface area contributed by atoms with Crippen molar-refractivity contribution in [2.45, 2.75) is 24.5 Å². The van der Waals surface area contributed by atoms with Crippen LogP contribution in [0, 0.1) is 0 Å². The zero-order valence-electron chi connectivity index (χ0n) is 14.1. The first kappa shape index (κ1) is 16.4. The Balaban J connectivity index is 1.46. The van der Waals surface area contributed by atoms with Gasteiger partial charge >= 0.3 is 0 Å². The Hall–Kier alpha value is -2.11. The van der Waals surface area contributed by atoms with Crippen molar-refractivity contribution in [1.29, 1.82) is 0 Å². The van der Waals surface area contributed by atoms with Gasteiger partial charge in [0, 0.05) is 30.2 Å². The van der Waals surface area contributed by atoms with Crippen LogP contribution < -0.4 is 0 Å². The van der Waals surface area contributed by atoms with Crippen LogP contribution in [0.3, 0.4) is 0 Å². The van der Waals surface area contributed by atoms with Crippen LogP contribution in [-0.2, 0) is 15.8 Å². The van der Waals surface area contributed by atoms with Crippen molar-refractivity contribution in [3.8, 4) is 0 Å². The van der Waals surface area contributed by atoms with Gasteiger partial charge in [-0.1, -0.05) is 48.5 Å². The number of rotatable bonds is 4. The molecule has 0 spiro atoms. The number of piperidine rings is 1. The molecule has 0 aliphatic carbocycles. The number of para-hydroxylation sites is 1. The summed E-state index contributed by atoms with van der Waals surface area (Å²) in [6.07, 6.45) is 3.83. The SMILES string of the molecule is O=S(=O)(Cc1ccccc1)N1CCC(c2c[nH]c3ccccc23)CC1. The highest BCUT2D eigenvalue weighted by Gasteiger charge is 2.29. The summed E-state index contributed by atoms with van der Waals surface area (Å²) in [7, 11) is -3.25. The third-order valence-electron chi connectivity index (χ3n) is 5.10. The molecule has 2 aromatic carbocycles. The number of aromatic nitrogens is 1. The van der Waals surface area contributed by atoms with Gasteiger partial charge in [-0.15, -0.1) is 0 Å². The Bertz CT molecular complexity index is 956. The Morgan fingerprint density at radius 2 is 1.64 bits per heavy atom. The van der Waals surface area contributed by atoms with E-state index in [4.69, 9.17) is 0 Å². The van der Waals surface area contributed by atoms with E-state index in [1.54, 1.807) is 4.31 Å². The predicted octanol–water partition coefficient (Wildman–Crippen LogP) is 3.88. The molecule has 0 bridgehead atoms. The van der Waals surface area contributed by atoms with Crippen LogP contribution in [0.15, 0.2) is 60.8 Å². The van der Waals surface area contributed by atoms with Gasteiger partial charge in [0.05, 0.1) is 5.75 Å². The summed E-state index contributed by atoms with van der Waals surface area (Å²) in [5.41, 5.74) is 3.31. The molecule has 0 amide bonds. The number of benzene rings is 2. The maximum Gasteiger partial charge on any atom is 0.218 e. The molecule has 1 saturated heterocycles. The second-order valence-electron chi connectivity index (χ2n) is 6.70. The molecule has 25 heavy (non-hydrogen) atoms. The van der Waals surface area contributed by atoms with Crippen LogP contribution in [0.4, 0.5) is 0 Å². The lowest BCUT2D eigenvalue weighted by Gasteiger charge is -2.31. The Kier molecular flexibility index (Phi) is 4.36. The molecule has 5 heteroatoms. The maximum atomic E-state index is 12.7. The average molecular weight is 354 g/mol. The summed E-state index contributed by atoms with van der Waals surface area (Å²) >= 11 is 0. The van der Waals surface area contributed by atoms with Crippen LogP contribution >= 0.6 is 0 Å². The monoisotopic (exact) mass is 354 g/mol. The molecule has 4 rings (SSSR count). The van der Waals surface area contributed by atoms with Crippen molar-refractivity contribution in [2.75, 3.05) is 13.1 Å². The van der Waals surface area contributed by atoms with Crippen LogP contribution in [0.25, 0.3) is 10.9 Å². The second kappa shape index (κ2) is 6.65. The van der Waals surface area contributed by atoms with E-state index in [-0.39, 0.29) is 5.75 Å². The Morgan fingerprint density at radius 1 is 0.960 bits per heavy atom. The molecule has 0 unspecified atom stereocenters. The third-order valence-corrected chi connectivity index (χ3v) is 6.95. The van der Waals surface area contributed by atoms with E-state index >= 15 is 0 Å². The maximum absolute atomic E-state index is 12.7. The summed E-state index contributed by atoms with van der Waals surface area (Å²) < 4.78 is 27.0. The molecule has 1 aromatic heterocycles. The van der Waals surface area contributed by atoms with Crippen molar-refractivity contribution < 1.29 is 8.42 Å². The van der Waals surface area contributed by atoms with E-state index in [0.717, 1.165) is 23.9 Å². The van der Waals surface area contributed by atoms with Gasteiger partial charge < -0.3 is 4.98 Å². The Labute approximate surface area is 148 Å². The zero-order valence-corrected chi connectivity index (χ0v) is 14.9. The topological polar surface area (TPSA) is 53.2 Å². The fraction of sp³-hybridized carbons (Fsp3) is 0.300. The van der Waals surface area contributed by atoms with E-state index in [9.17, 15) is 8.42 Å². The summed E-state index contributed by atoms with van der Waals surface area (Å²) in [5, 5.41) is 1.26. The molecule has 3 aromatic rings. The lowest BCUT2D eigenvalue weighted by Crippen LogP contribution is -2.38. The minimum Gasteiger partial charge on any atom is -0.361 e. The van der Waals surface area contributed by atoms with Crippen molar-refractivity contribution in [3.05, 3.63) is 71.9 Å². The number of hydrogen-bond donors (Lipinski definition) is 1. The fourth-order valence-electron chi connectivity index (χ4n) is 3.75. The standard InChI is InChI=1S/C20H22N2O2S/c23-25(24,15-16-6-2-1-3-7-16)22-12-10-17(11-13-22)19-14-21-20-9-5-4-8-18(19)20/h1-9,14,17,21H,10-13,15H2. The lowest BCUT2D eigenvalue weighted by molar-refractivity contribution is 0.320.